The van der Waals surface area contributed by atoms with Crippen molar-refractivity contribution < 1.29 is 14.3 Å². The molecular formula is C23H30FN5O2. The fourth-order valence-electron chi connectivity index (χ4n) is 5.58. The Morgan fingerprint density at radius 3 is 2.74 bits per heavy atom. The lowest BCUT2D eigenvalue weighted by molar-refractivity contribution is -0.133. The molecule has 6 rings (SSSR count). The van der Waals surface area contributed by atoms with Crippen LogP contribution in [0.4, 0.5) is 4.39 Å². The summed E-state index contributed by atoms with van der Waals surface area (Å²) in [6, 6.07) is 6.59. The van der Waals surface area contributed by atoms with Gasteiger partial charge in [0.05, 0.1) is 18.7 Å². The fourth-order valence-corrected chi connectivity index (χ4v) is 5.58. The second-order valence-electron chi connectivity index (χ2n) is 9.45. The van der Waals surface area contributed by atoms with Crippen molar-refractivity contribution in [1.82, 2.24) is 25.2 Å². The molecule has 3 saturated heterocycles. The van der Waals surface area contributed by atoms with Crippen molar-refractivity contribution in [1.29, 1.82) is 0 Å². The van der Waals surface area contributed by atoms with E-state index in [9.17, 15) is 14.3 Å². The Kier molecular flexibility index (Phi) is 5.52. The predicted molar refractivity (Wildman–Crippen MR) is 112 cm³/mol. The molecular weight excluding hydrogens is 397 g/mol. The van der Waals surface area contributed by atoms with Crippen LogP contribution in [0.25, 0.3) is 0 Å². The van der Waals surface area contributed by atoms with E-state index in [-0.39, 0.29) is 17.6 Å². The molecule has 1 saturated carbocycles. The standard InChI is InChI=1S/C23H30FN5O2/c24-18-5-3-16(4-6-18)12-25-22(30)20-14-28-10-7-17(20)11-19(28)13-29-15-21(26-27-29)23(31)8-1-2-9-23/h3-6,15,17,19-20,31H,1-2,7-14H2,(H,25,30). The van der Waals surface area contributed by atoms with Crippen molar-refractivity contribution in [3.8, 4) is 0 Å². The first kappa shape index (κ1) is 20.6. The van der Waals surface area contributed by atoms with Crippen molar-refractivity contribution in [2.45, 2.75) is 63.3 Å². The number of carbonyl (C=O) groups excluding carboxylic acids is 1. The van der Waals surface area contributed by atoms with Crippen molar-refractivity contribution >= 4 is 5.91 Å². The number of fused-ring (bicyclic) bond motifs is 3. The maximum atomic E-state index is 13.1. The molecule has 2 N–H and O–H groups in total. The summed E-state index contributed by atoms with van der Waals surface area (Å²) in [5, 5.41) is 22.3. The van der Waals surface area contributed by atoms with Crippen molar-refractivity contribution in [2.24, 2.45) is 11.8 Å². The molecule has 7 nitrogen and oxygen atoms in total. The summed E-state index contributed by atoms with van der Waals surface area (Å²) in [6.45, 7) is 2.93. The Bertz CT molecular complexity index is 924. The molecule has 2 aromatic rings. The summed E-state index contributed by atoms with van der Waals surface area (Å²) < 4.78 is 14.9. The van der Waals surface area contributed by atoms with E-state index in [2.05, 4.69) is 20.5 Å². The van der Waals surface area contributed by atoms with E-state index in [4.69, 9.17) is 0 Å². The number of nitrogens with zero attached hydrogens (tertiary/aromatic N) is 4. The van der Waals surface area contributed by atoms with Gasteiger partial charge in [-0.25, -0.2) is 4.39 Å². The van der Waals surface area contributed by atoms with E-state index in [1.807, 2.05) is 10.9 Å². The fraction of sp³-hybridized carbons (Fsp3) is 0.609. The molecule has 166 valence electrons. The molecule has 1 aromatic carbocycles. The highest BCUT2D eigenvalue weighted by molar-refractivity contribution is 5.79. The van der Waals surface area contributed by atoms with Crippen LogP contribution in [0.2, 0.25) is 0 Å². The van der Waals surface area contributed by atoms with Crippen LogP contribution in [0.1, 0.15) is 49.8 Å². The Hall–Kier alpha value is -2.32. The highest BCUT2D eigenvalue weighted by atomic mass is 19.1. The van der Waals surface area contributed by atoms with Gasteiger partial charge in [-0.2, -0.15) is 0 Å². The normalized spacial score (nSPS) is 29.2. The van der Waals surface area contributed by atoms with E-state index in [0.29, 0.717) is 24.2 Å². The third kappa shape index (κ3) is 4.23. The number of aromatic nitrogens is 3. The van der Waals surface area contributed by atoms with Gasteiger partial charge in [-0.05, 0) is 55.8 Å². The van der Waals surface area contributed by atoms with Crippen LogP contribution in [0.5, 0.6) is 0 Å². The molecule has 4 fully saturated rings. The molecule has 4 atom stereocenters. The maximum absolute atomic E-state index is 13.1. The molecule has 1 aliphatic carbocycles. The lowest BCUT2D eigenvalue weighted by Gasteiger charge is -2.49. The average molecular weight is 428 g/mol. The van der Waals surface area contributed by atoms with Crippen LogP contribution in [-0.2, 0) is 23.5 Å². The first-order valence-electron chi connectivity index (χ1n) is 11.4. The number of hydrogen-bond donors (Lipinski definition) is 2. The number of aliphatic hydroxyl groups is 1. The summed E-state index contributed by atoms with van der Waals surface area (Å²) in [5.74, 6) is 0.181. The van der Waals surface area contributed by atoms with Gasteiger partial charge in [-0.3, -0.25) is 14.4 Å². The maximum Gasteiger partial charge on any atom is 0.224 e. The molecule has 8 heteroatoms. The Morgan fingerprint density at radius 2 is 2.03 bits per heavy atom. The van der Waals surface area contributed by atoms with E-state index < -0.39 is 5.60 Å². The molecule has 4 unspecified atom stereocenters. The van der Waals surface area contributed by atoms with E-state index in [1.165, 1.54) is 12.1 Å². The molecule has 4 heterocycles. The average Bonchev–Trinajstić information content (AvgIpc) is 3.44. The van der Waals surface area contributed by atoms with Gasteiger partial charge in [0.25, 0.3) is 0 Å². The van der Waals surface area contributed by atoms with Crippen molar-refractivity contribution in [3.63, 3.8) is 0 Å². The number of hydrogen-bond acceptors (Lipinski definition) is 5. The van der Waals surface area contributed by atoms with E-state index in [1.54, 1.807) is 12.1 Å². The van der Waals surface area contributed by atoms with Crippen LogP contribution in [-0.4, -0.2) is 50.0 Å². The molecule has 4 aliphatic rings. The zero-order valence-corrected chi connectivity index (χ0v) is 17.7. The zero-order valence-electron chi connectivity index (χ0n) is 17.7. The lowest BCUT2D eigenvalue weighted by atomic mass is 9.75. The molecule has 1 amide bonds. The van der Waals surface area contributed by atoms with Crippen LogP contribution < -0.4 is 5.32 Å². The van der Waals surface area contributed by atoms with Gasteiger partial charge in [0.1, 0.15) is 17.1 Å². The monoisotopic (exact) mass is 427 g/mol. The number of nitrogens with one attached hydrogen (secondary N) is 1. The number of benzene rings is 1. The summed E-state index contributed by atoms with van der Waals surface area (Å²) in [4.78, 5) is 15.2. The third-order valence-electron chi connectivity index (χ3n) is 7.44. The van der Waals surface area contributed by atoms with Gasteiger partial charge in [0.2, 0.25) is 5.91 Å². The van der Waals surface area contributed by atoms with Gasteiger partial charge in [0.15, 0.2) is 0 Å². The lowest BCUT2D eigenvalue weighted by Crippen LogP contribution is -2.58. The second kappa shape index (κ2) is 8.31. The first-order valence-corrected chi connectivity index (χ1v) is 11.4. The number of amides is 1. The molecule has 3 aliphatic heterocycles. The second-order valence-corrected chi connectivity index (χ2v) is 9.45. The van der Waals surface area contributed by atoms with Crippen LogP contribution in [0.15, 0.2) is 30.5 Å². The summed E-state index contributed by atoms with van der Waals surface area (Å²) >= 11 is 0. The molecule has 31 heavy (non-hydrogen) atoms. The van der Waals surface area contributed by atoms with E-state index >= 15 is 0 Å². The third-order valence-corrected chi connectivity index (χ3v) is 7.44. The van der Waals surface area contributed by atoms with E-state index in [0.717, 1.165) is 63.7 Å². The smallest absolute Gasteiger partial charge is 0.224 e. The van der Waals surface area contributed by atoms with Crippen molar-refractivity contribution in [3.05, 3.63) is 47.5 Å². The minimum absolute atomic E-state index is 0.00374. The Labute approximate surface area is 181 Å². The number of halogens is 1. The minimum atomic E-state index is -0.808. The predicted octanol–water partition coefficient (Wildman–Crippen LogP) is 2.21. The van der Waals surface area contributed by atoms with Crippen LogP contribution in [0, 0.1) is 17.7 Å². The first-order chi connectivity index (χ1) is 15.0. The van der Waals surface area contributed by atoms with Crippen LogP contribution >= 0.6 is 0 Å². The summed E-state index contributed by atoms with van der Waals surface area (Å²) in [6.07, 6.45) is 7.50. The van der Waals surface area contributed by atoms with Crippen LogP contribution in [0.3, 0.4) is 0 Å². The summed E-state index contributed by atoms with van der Waals surface area (Å²) in [5.41, 5.74) is 0.788. The van der Waals surface area contributed by atoms with Crippen molar-refractivity contribution in [2.75, 3.05) is 13.1 Å². The van der Waals surface area contributed by atoms with Gasteiger partial charge < -0.3 is 10.4 Å². The summed E-state index contributed by atoms with van der Waals surface area (Å²) in [7, 11) is 0. The Balaban J connectivity index is 1.17. The molecule has 1 aromatic heterocycles. The Morgan fingerprint density at radius 1 is 1.26 bits per heavy atom. The highest BCUT2D eigenvalue weighted by Gasteiger charge is 2.43. The number of piperidine rings is 3. The zero-order chi connectivity index (χ0) is 21.4. The number of carbonyl (C=O) groups is 1. The minimum Gasteiger partial charge on any atom is -0.383 e. The van der Waals surface area contributed by atoms with Gasteiger partial charge in [-0.15, -0.1) is 5.10 Å². The molecule has 0 radical (unpaired) electrons. The highest BCUT2D eigenvalue weighted by Crippen LogP contribution is 2.39. The van der Waals surface area contributed by atoms with Gasteiger partial charge in [0, 0.05) is 19.1 Å². The molecule has 0 spiro atoms. The largest absolute Gasteiger partial charge is 0.383 e. The quantitative estimate of drug-likeness (QED) is 0.739. The van der Waals surface area contributed by atoms with Gasteiger partial charge in [-0.1, -0.05) is 30.2 Å². The number of rotatable bonds is 6. The SMILES string of the molecule is O=C(NCc1ccc(F)cc1)C1CN2CCC1CC2Cn1cc(C2(O)CCCC2)nn1. The topological polar surface area (TPSA) is 83.3 Å². The van der Waals surface area contributed by atoms with Gasteiger partial charge >= 0.3 is 0 Å². The molecule has 2 bridgehead atoms.